The maximum Gasteiger partial charge on any atom is 0.319 e. The van der Waals surface area contributed by atoms with E-state index < -0.39 is 6.10 Å². The van der Waals surface area contributed by atoms with Gasteiger partial charge in [0.15, 0.2) is 0 Å². The second kappa shape index (κ2) is 8.67. The molecular weight excluding hydrogens is 318 g/mol. The van der Waals surface area contributed by atoms with Crippen LogP contribution in [0.25, 0.3) is 11.5 Å². The van der Waals surface area contributed by atoms with Gasteiger partial charge in [0, 0.05) is 23.7 Å². The number of hydrogen-bond donors (Lipinski definition) is 3. The van der Waals surface area contributed by atoms with Crippen LogP contribution in [0.2, 0.25) is 0 Å². The minimum absolute atomic E-state index is 0.233. The van der Waals surface area contributed by atoms with E-state index in [2.05, 4.69) is 15.6 Å². The van der Waals surface area contributed by atoms with Crippen molar-refractivity contribution >= 4 is 11.7 Å². The number of aliphatic hydroxyl groups is 1. The monoisotopic (exact) mass is 345 g/mol. The Kier molecular flexibility index (Phi) is 6.58. The number of anilines is 1. The number of aliphatic hydroxyl groups excluding tert-OH is 1. The summed E-state index contributed by atoms with van der Waals surface area (Å²) >= 11 is 0. The van der Waals surface area contributed by atoms with Crippen molar-refractivity contribution in [1.82, 2.24) is 10.3 Å². The van der Waals surface area contributed by atoms with Crippen molar-refractivity contribution in [2.45, 2.75) is 46.1 Å². The predicted molar refractivity (Wildman–Crippen MR) is 98.5 cm³/mol. The first-order chi connectivity index (χ1) is 11.8. The molecule has 6 nitrogen and oxygen atoms in total. The molecule has 1 unspecified atom stereocenters. The summed E-state index contributed by atoms with van der Waals surface area (Å²) in [6, 6.07) is 6.93. The molecule has 0 aliphatic carbocycles. The lowest BCUT2D eigenvalue weighted by Gasteiger charge is -2.14. The molecule has 0 saturated carbocycles. The minimum atomic E-state index is -0.534. The summed E-state index contributed by atoms with van der Waals surface area (Å²) in [4.78, 5) is 16.1. The molecule has 1 aromatic heterocycles. The number of hydrogen-bond acceptors (Lipinski definition) is 4. The molecule has 1 aromatic carbocycles. The van der Waals surface area contributed by atoms with Crippen LogP contribution in [0.4, 0.5) is 10.5 Å². The van der Waals surface area contributed by atoms with Crippen LogP contribution < -0.4 is 10.6 Å². The molecule has 0 saturated heterocycles. The number of carbonyl (C=O) groups excluding carboxylic acids is 1. The van der Waals surface area contributed by atoms with Gasteiger partial charge in [-0.15, -0.1) is 0 Å². The summed E-state index contributed by atoms with van der Waals surface area (Å²) in [5.41, 5.74) is 1.51. The van der Waals surface area contributed by atoms with Gasteiger partial charge in [0.2, 0.25) is 5.89 Å². The Bertz CT molecular complexity index is 677. The van der Waals surface area contributed by atoms with Crippen LogP contribution in [0.15, 0.2) is 34.9 Å². The second-order valence-corrected chi connectivity index (χ2v) is 6.92. The molecule has 2 rings (SSSR count). The molecule has 25 heavy (non-hydrogen) atoms. The smallest absolute Gasteiger partial charge is 0.319 e. The highest BCUT2D eigenvalue weighted by atomic mass is 16.4. The molecule has 1 heterocycles. The quantitative estimate of drug-likeness (QED) is 0.708. The molecular formula is C19H27N3O3. The van der Waals surface area contributed by atoms with Crippen molar-refractivity contribution in [3.8, 4) is 11.5 Å². The van der Waals surface area contributed by atoms with Crippen LogP contribution in [0.3, 0.4) is 0 Å². The standard InChI is InChI=1S/C19H27N3O3/c1-12(2)9-16(23)10-21-19(24)22-15-7-5-14(6-8-15)18-20-11-17(25-18)13(3)4/h5-8,11-13,16,23H,9-10H2,1-4H3,(H2,21,22,24). The minimum Gasteiger partial charge on any atom is -0.441 e. The van der Waals surface area contributed by atoms with Gasteiger partial charge in [-0.05, 0) is 36.6 Å². The summed E-state index contributed by atoms with van der Waals surface area (Å²) in [7, 11) is 0. The van der Waals surface area contributed by atoms with Crippen LogP contribution in [-0.4, -0.2) is 28.8 Å². The molecule has 6 heteroatoms. The molecule has 0 spiro atoms. The van der Waals surface area contributed by atoms with E-state index in [1.54, 1.807) is 18.3 Å². The van der Waals surface area contributed by atoms with Gasteiger partial charge in [0.05, 0.1) is 12.3 Å². The number of nitrogens with one attached hydrogen (secondary N) is 2. The molecule has 3 N–H and O–H groups in total. The number of amides is 2. The molecule has 0 aliphatic heterocycles. The van der Waals surface area contributed by atoms with Gasteiger partial charge in [-0.2, -0.15) is 0 Å². The van der Waals surface area contributed by atoms with Gasteiger partial charge in [0.1, 0.15) is 5.76 Å². The number of benzene rings is 1. The third kappa shape index (κ3) is 5.90. The third-order valence-corrected chi connectivity index (χ3v) is 3.72. The summed E-state index contributed by atoms with van der Waals surface area (Å²) in [5.74, 6) is 2.09. The average molecular weight is 345 g/mol. The fourth-order valence-electron chi connectivity index (χ4n) is 2.40. The van der Waals surface area contributed by atoms with Crippen molar-refractivity contribution in [3.05, 3.63) is 36.2 Å². The first kappa shape index (κ1) is 19.0. The van der Waals surface area contributed by atoms with Gasteiger partial charge in [0.25, 0.3) is 0 Å². The number of urea groups is 1. The average Bonchev–Trinajstić information content (AvgIpc) is 3.03. The van der Waals surface area contributed by atoms with Gasteiger partial charge in [-0.25, -0.2) is 9.78 Å². The summed E-state index contributed by atoms with van der Waals surface area (Å²) in [6.45, 7) is 8.39. The van der Waals surface area contributed by atoms with Crippen molar-refractivity contribution in [2.75, 3.05) is 11.9 Å². The van der Waals surface area contributed by atoms with E-state index in [0.29, 0.717) is 23.9 Å². The van der Waals surface area contributed by atoms with Gasteiger partial charge >= 0.3 is 6.03 Å². The Morgan fingerprint density at radius 1 is 1.20 bits per heavy atom. The lowest BCUT2D eigenvalue weighted by atomic mass is 10.1. The van der Waals surface area contributed by atoms with Crippen LogP contribution in [0.5, 0.6) is 0 Å². The van der Waals surface area contributed by atoms with Crippen molar-refractivity contribution < 1.29 is 14.3 Å². The summed E-state index contributed by atoms with van der Waals surface area (Å²) in [6.07, 6.45) is 1.86. The molecule has 0 radical (unpaired) electrons. The van der Waals surface area contributed by atoms with E-state index in [1.165, 1.54) is 0 Å². The predicted octanol–water partition coefficient (Wildman–Crippen LogP) is 3.99. The molecule has 0 fully saturated rings. The Morgan fingerprint density at radius 3 is 2.44 bits per heavy atom. The summed E-state index contributed by atoms with van der Waals surface area (Å²) in [5, 5.41) is 15.2. The van der Waals surface area contributed by atoms with Crippen molar-refractivity contribution in [2.24, 2.45) is 5.92 Å². The molecule has 0 bridgehead atoms. The Balaban J connectivity index is 1.88. The third-order valence-electron chi connectivity index (χ3n) is 3.72. The van der Waals surface area contributed by atoms with Crippen LogP contribution >= 0.6 is 0 Å². The largest absolute Gasteiger partial charge is 0.441 e. The van der Waals surface area contributed by atoms with Crippen LogP contribution in [0.1, 0.15) is 45.8 Å². The van der Waals surface area contributed by atoms with E-state index in [-0.39, 0.29) is 18.5 Å². The number of carbonyl (C=O) groups is 1. The zero-order valence-electron chi connectivity index (χ0n) is 15.2. The van der Waals surface area contributed by atoms with E-state index in [4.69, 9.17) is 4.42 Å². The Hall–Kier alpha value is -2.34. The first-order valence-corrected chi connectivity index (χ1v) is 8.64. The highest BCUT2D eigenvalue weighted by Crippen LogP contribution is 2.24. The molecule has 2 amide bonds. The lowest BCUT2D eigenvalue weighted by Crippen LogP contribution is -2.35. The van der Waals surface area contributed by atoms with Gasteiger partial charge in [-0.3, -0.25) is 0 Å². The van der Waals surface area contributed by atoms with E-state index in [0.717, 1.165) is 11.3 Å². The second-order valence-electron chi connectivity index (χ2n) is 6.92. The molecule has 136 valence electrons. The number of nitrogens with zero attached hydrogens (tertiary/aromatic N) is 1. The van der Waals surface area contributed by atoms with Gasteiger partial charge in [-0.1, -0.05) is 27.7 Å². The fourth-order valence-corrected chi connectivity index (χ4v) is 2.40. The Labute approximate surface area is 148 Å². The zero-order valence-corrected chi connectivity index (χ0v) is 15.2. The lowest BCUT2D eigenvalue weighted by molar-refractivity contribution is 0.148. The van der Waals surface area contributed by atoms with E-state index in [1.807, 2.05) is 39.8 Å². The topological polar surface area (TPSA) is 87.4 Å². The number of aromatic nitrogens is 1. The summed E-state index contributed by atoms with van der Waals surface area (Å²) < 4.78 is 5.71. The van der Waals surface area contributed by atoms with Crippen molar-refractivity contribution in [1.29, 1.82) is 0 Å². The SMILES string of the molecule is CC(C)CC(O)CNC(=O)Nc1ccc(-c2ncc(C(C)C)o2)cc1. The van der Waals surface area contributed by atoms with Crippen LogP contribution in [-0.2, 0) is 0 Å². The molecule has 1 atom stereocenters. The molecule has 2 aromatic rings. The van der Waals surface area contributed by atoms with Crippen LogP contribution in [0, 0.1) is 5.92 Å². The maximum absolute atomic E-state index is 11.9. The fraction of sp³-hybridized carbons (Fsp3) is 0.474. The van der Waals surface area contributed by atoms with Gasteiger partial charge < -0.3 is 20.2 Å². The number of oxazole rings is 1. The maximum atomic E-state index is 11.9. The number of rotatable bonds is 7. The van der Waals surface area contributed by atoms with E-state index in [9.17, 15) is 9.90 Å². The zero-order chi connectivity index (χ0) is 18.4. The van der Waals surface area contributed by atoms with Crippen molar-refractivity contribution in [3.63, 3.8) is 0 Å². The normalized spacial score (nSPS) is 12.4. The first-order valence-electron chi connectivity index (χ1n) is 8.64. The molecule has 0 aliphatic rings. The Morgan fingerprint density at radius 2 is 1.88 bits per heavy atom. The highest BCUT2D eigenvalue weighted by Gasteiger charge is 2.11. The highest BCUT2D eigenvalue weighted by molar-refractivity contribution is 5.89. The van der Waals surface area contributed by atoms with E-state index >= 15 is 0 Å².